The number of rotatable bonds is 5. The Kier molecular flexibility index (Phi) is 4.75. The van der Waals surface area contributed by atoms with Crippen LogP contribution in [0.15, 0.2) is 12.1 Å². The van der Waals surface area contributed by atoms with Crippen molar-refractivity contribution in [3.8, 4) is 0 Å². The highest BCUT2D eigenvalue weighted by molar-refractivity contribution is 7.92. The van der Waals surface area contributed by atoms with Crippen LogP contribution in [0.25, 0.3) is 0 Å². The molecule has 0 fully saturated rings. The van der Waals surface area contributed by atoms with Crippen LogP contribution in [0.2, 0.25) is 5.02 Å². The fraction of sp³-hybridized carbons (Fsp3) is 0.364. The van der Waals surface area contributed by atoms with E-state index in [0.717, 1.165) is 6.07 Å². The van der Waals surface area contributed by atoms with E-state index < -0.39 is 27.3 Å². The number of primary amides is 1. The molecule has 0 saturated carbocycles. The third-order valence-corrected chi connectivity index (χ3v) is 4.11. The zero-order chi connectivity index (χ0) is 14.8. The summed E-state index contributed by atoms with van der Waals surface area (Å²) in [5, 5.41) is -0.170. The van der Waals surface area contributed by atoms with Crippen LogP contribution in [0, 0.1) is 11.7 Å². The van der Waals surface area contributed by atoms with Crippen molar-refractivity contribution >= 4 is 33.2 Å². The van der Waals surface area contributed by atoms with E-state index in [2.05, 4.69) is 4.72 Å². The molecule has 0 aromatic heterocycles. The highest BCUT2D eigenvalue weighted by atomic mass is 35.5. The van der Waals surface area contributed by atoms with Crippen LogP contribution in [-0.4, -0.2) is 20.1 Å². The maximum absolute atomic E-state index is 13.9. The summed E-state index contributed by atoms with van der Waals surface area (Å²) in [6, 6.07) is 2.35. The van der Waals surface area contributed by atoms with E-state index in [1.807, 2.05) is 0 Å². The summed E-state index contributed by atoms with van der Waals surface area (Å²) < 4.78 is 39.4. The molecule has 1 rings (SSSR count). The second-order valence-electron chi connectivity index (χ2n) is 4.43. The zero-order valence-corrected chi connectivity index (χ0v) is 12.0. The smallest absolute Gasteiger partial charge is 0.253 e. The minimum absolute atomic E-state index is 0.122. The average Bonchev–Trinajstić information content (AvgIpc) is 2.19. The van der Waals surface area contributed by atoms with Gasteiger partial charge in [0.15, 0.2) is 5.82 Å². The van der Waals surface area contributed by atoms with Crippen molar-refractivity contribution in [1.29, 1.82) is 0 Å². The lowest BCUT2D eigenvalue weighted by Gasteiger charge is -2.12. The van der Waals surface area contributed by atoms with Gasteiger partial charge in [0, 0.05) is 0 Å². The molecule has 1 aromatic rings. The molecule has 1 amide bonds. The molecule has 5 nitrogen and oxygen atoms in total. The van der Waals surface area contributed by atoms with E-state index >= 15 is 0 Å². The number of halogens is 2. The first kappa shape index (κ1) is 15.7. The van der Waals surface area contributed by atoms with Crippen molar-refractivity contribution in [3.63, 3.8) is 0 Å². The van der Waals surface area contributed by atoms with Crippen molar-refractivity contribution in [2.45, 2.75) is 13.8 Å². The highest BCUT2D eigenvalue weighted by Gasteiger charge is 2.20. The van der Waals surface area contributed by atoms with E-state index in [0.29, 0.717) is 0 Å². The monoisotopic (exact) mass is 308 g/mol. The summed E-state index contributed by atoms with van der Waals surface area (Å²) in [6.07, 6.45) is 0. The van der Waals surface area contributed by atoms with Crippen LogP contribution in [-0.2, 0) is 10.0 Å². The Balaban J connectivity index is 3.17. The van der Waals surface area contributed by atoms with Crippen molar-refractivity contribution in [2.75, 3.05) is 10.5 Å². The lowest BCUT2D eigenvalue weighted by atomic mass is 10.2. The Morgan fingerprint density at radius 1 is 1.47 bits per heavy atom. The predicted octanol–water partition coefficient (Wildman–Crippen LogP) is 1.98. The van der Waals surface area contributed by atoms with Crippen molar-refractivity contribution in [2.24, 2.45) is 11.7 Å². The number of nitrogens with two attached hydrogens (primary N) is 1. The predicted molar refractivity (Wildman–Crippen MR) is 72.2 cm³/mol. The molecule has 0 bridgehead atoms. The van der Waals surface area contributed by atoms with Gasteiger partial charge in [0.05, 0.1) is 22.0 Å². The number of hydrogen-bond donors (Lipinski definition) is 2. The van der Waals surface area contributed by atoms with Gasteiger partial charge >= 0.3 is 0 Å². The van der Waals surface area contributed by atoms with Crippen LogP contribution < -0.4 is 10.5 Å². The number of sulfonamides is 1. The fourth-order valence-electron chi connectivity index (χ4n) is 1.51. The molecule has 0 aliphatic carbocycles. The van der Waals surface area contributed by atoms with Crippen LogP contribution in [0.4, 0.5) is 10.1 Å². The third kappa shape index (κ3) is 4.07. The Labute approximate surface area is 116 Å². The van der Waals surface area contributed by atoms with Gasteiger partial charge in [0.1, 0.15) is 0 Å². The minimum atomic E-state index is -3.70. The summed E-state index contributed by atoms with van der Waals surface area (Å²) >= 11 is 5.63. The third-order valence-electron chi connectivity index (χ3n) is 2.16. The van der Waals surface area contributed by atoms with Gasteiger partial charge in [-0.15, -0.1) is 0 Å². The zero-order valence-electron chi connectivity index (χ0n) is 10.4. The Bertz CT molecular complexity index is 602. The van der Waals surface area contributed by atoms with Gasteiger partial charge in [-0.1, -0.05) is 25.4 Å². The number of hydrogen-bond acceptors (Lipinski definition) is 3. The molecule has 0 radical (unpaired) electrons. The molecule has 106 valence electrons. The first-order chi connectivity index (χ1) is 8.64. The molecule has 0 aliphatic rings. The first-order valence-electron chi connectivity index (χ1n) is 5.42. The van der Waals surface area contributed by atoms with E-state index in [1.54, 1.807) is 13.8 Å². The van der Waals surface area contributed by atoms with Gasteiger partial charge in [-0.05, 0) is 18.1 Å². The SMILES string of the molecule is CC(C)CS(=O)(=O)Nc1ccc(Cl)c(C(N)=O)c1F. The highest BCUT2D eigenvalue weighted by Crippen LogP contribution is 2.26. The molecule has 0 unspecified atom stereocenters. The Morgan fingerprint density at radius 2 is 2.05 bits per heavy atom. The van der Waals surface area contributed by atoms with Gasteiger partial charge in [-0.3, -0.25) is 9.52 Å². The lowest BCUT2D eigenvalue weighted by Crippen LogP contribution is -2.22. The quantitative estimate of drug-likeness (QED) is 0.871. The standard InChI is InChI=1S/C11H14ClFN2O3S/c1-6(2)5-19(17,18)15-8-4-3-7(12)9(10(8)13)11(14)16/h3-4,6,15H,5H2,1-2H3,(H2,14,16). The van der Waals surface area contributed by atoms with Crippen LogP contribution in [0.1, 0.15) is 24.2 Å². The van der Waals surface area contributed by atoms with E-state index in [9.17, 15) is 17.6 Å². The summed E-state index contributed by atoms with van der Waals surface area (Å²) in [6.45, 7) is 3.43. The van der Waals surface area contributed by atoms with Gasteiger partial charge < -0.3 is 5.73 Å². The van der Waals surface area contributed by atoms with Crippen molar-refractivity contribution in [1.82, 2.24) is 0 Å². The molecule has 0 heterocycles. The lowest BCUT2D eigenvalue weighted by molar-refractivity contribution is 0.0996. The second kappa shape index (κ2) is 5.75. The minimum Gasteiger partial charge on any atom is -0.365 e. The van der Waals surface area contributed by atoms with Crippen molar-refractivity contribution in [3.05, 3.63) is 28.5 Å². The number of carbonyl (C=O) groups excluding carboxylic acids is 1. The number of nitrogens with one attached hydrogen (secondary N) is 1. The van der Waals surface area contributed by atoms with Crippen LogP contribution in [0.5, 0.6) is 0 Å². The van der Waals surface area contributed by atoms with E-state index in [4.69, 9.17) is 17.3 Å². The second-order valence-corrected chi connectivity index (χ2v) is 6.60. The van der Waals surface area contributed by atoms with E-state index in [-0.39, 0.29) is 22.4 Å². The molecule has 0 spiro atoms. The molecular weight excluding hydrogens is 295 g/mol. The molecule has 0 atom stereocenters. The van der Waals surface area contributed by atoms with Crippen LogP contribution in [0.3, 0.4) is 0 Å². The maximum Gasteiger partial charge on any atom is 0.253 e. The summed E-state index contributed by atoms with van der Waals surface area (Å²) in [4.78, 5) is 11.1. The molecule has 1 aromatic carbocycles. The summed E-state index contributed by atoms with van der Waals surface area (Å²) in [7, 11) is -3.70. The molecule has 0 aliphatic heterocycles. The first-order valence-corrected chi connectivity index (χ1v) is 7.45. The number of anilines is 1. The normalized spacial score (nSPS) is 11.6. The summed E-state index contributed by atoms with van der Waals surface area (Å²) in [5.41, 5.74) is 4.10. The summed E-state index contributed by atoms with van der Waals surface area (Å²) in [5.74, 6) is -2.43. The number of amides is 1. The molecular formula is C11H14ClFN2O3S. The van der Waals surface area contributed by atoms with Crippen molar-refractivity contribution < 1.29 is 17.6 Å². The van der Waals surface area contributed by atoms with E-state index in [1.165, 1.54) is 6.07 Å². The number of carbonyl (C=O) groups is 1. The molecule has 0 saturated heterocycles. The largest absolute Gasteiger partial charge is 0.365 e. The fourth-order valence-corrected chi connectivity index (χ4v) is 3.20. The van der Waals surface area contributed by atoms with Gasteiger partial charge in [-0.25, -0.2) is 12.8 Å². The number of benzene rings is 1. The van der Waals surface area contributed by atoms with Gasteiger partial charge in [0.25, 0.3) is 5.91 Å². The Morgan fingerprint density at radius 3 is 2.53 bits per heavy atom. The van der Waals surface area contributed by atoms with Crippen LogP contribution >= 0.6 is 11.6 Å². The van der Waals surface area contributed by atoms with Gasteiger partial charge in [-0.2, -0.15) is 0 Å². The Hall–Kier alpha value is -1.34. The topological polar surface area (TPSA) is 89.3 Å². The molecule has 19 heavy (non-hydrogen) atoms. The maximum atomic E-state index is 13.9. The molecule has 8 heteroatoms. The van der Waals surface area contributed by atoms with Gasteiger partial charge in [0.2, 0.25) is 10.0 Å². The molecule has 3 N–H and O–H groups in total. The average molecular weight is 309 g/mol.